The van der Waals surface area contributed by atoms with Crippen molar-refractivity contribution in [3.63, 3.8) is 0 Å². The van der Waals surface area contributed by atoms with Crippen LogP contribution in [0.4, 0.5) is 5.69 Å². The van der Waals surface area contributed by atoms with Crippen LogP contribution < -0.4 is 15.4 Å². The molecule has 0 aromatic heterocycles. The summed E-state index contributed by atoms with van der Waals surface area (Å²) < 4.78 is 5.44. The first-order chi connectivity index (χ1) is 14.4. The van der Waals surface area contributed by atoms with Gasteiger partial charge in [-0.2, -0.15) is 5.10 Å². The molecule has 1 saturated heterocycles. The molecule has 2 amide bonds. The number of amidine groups is 1. The number of hydrogen-bond acceptors (Lipinski definition) is 6. The van der Waals surface area contributed by atoms with E-state index in [2.05, 4.69) is 20.8 Å². The predicted molar refractivity (Wildman–Crippen MR) is 121 cm³/mol. The number of halogens is 1. The first-order valence-electron chi connectivity index (χ1n) is 9.33. The van der Waals surface area contributed by atoms with Gasteiger partial charge in [0.1, 0.15) is 11.0 Å². The summed E-state index contributed by atoms with van der Waals surface area (Å²) in [4.78, 5) is 24.7. The van der Waals surface area contributed by atoms with Crippen LogP contribution in [0.15, 0.2) is 58.7 Å². The number of ether oxygens (including phenoxy) is 1. The van der Waals surface area contributed by atoms with Crippen molar-refractivity contribution < 1.29 is 14.3 Å². The molecule has 0 saturated carbocycles. The molecule has 2 N–H and O–H groups in total. The van der Waals surface area contributed by atoms with Gasteiger partial charge >= 0.3 is 0 Å². The molecule has 3 rings (SSSR count). The molecule has 0 bridgehead atoms. The van der Waals surface area contributed by atoms with Gasteiger partial charge in [-0.05, 0) is 43.7 Å². The van der Waals surface area contributed by atoms with E-state index in [1.807, 2.05) is 25.1 Å². The average molecular weight is 445 g/mol. The number of amides is 2. The zero-order valence-electron chi connectivity index (χ0n) is 16.5. The fourth-order valence-electron chi connectivity index (χ4n) is 2.66. The van der Waals surface area contributed by atoms with Gasteiger partial charge in [-0.3, -0.25) is 9.59 Å². The Balaban J connectivity index is 1.68. The maximum atomic E-state index is 12.7. The lowest BCUT2D eigenvalue weighted by molar-refractivity contribution is -0.123. The van der Waals surface area contributed by atoms with Crippen LogP contribution in [-0.2, 0) is 9.59 Å². The number of nitrogens with one attached hydrogen (secondary N) is 2. The molecular formula is C21H21ClN4O3S. The number of nitrogens with zero attached hydrogens (tertiary/aromatic N) is 2. The molecule has 30 heavy (non-hydrogen) atoms. The summed E-state index contributed by atoms with van der Waals surface area (Å²) in [5.74, 6) is 0.100. The molecule has 0 radical (unpaired) electrons. The zero-order valence-corrected chi connectivity index (χ0v) is 18.1. The minimum atomic E-state index is -0.612. The number of rotatable bonds is 6. The molecule has 2 aromatic rings. The van der Waals surface area contributed by atoms with E-state index >= 15 is 0 Å². The highest BCUT2D eigenvalue weighted by Gasteiger charge is 2.30. The van der Waals surface area contributed by atoms with Crippen LogP contribution in [-0.4, -0.2) is 34.6 Å². The van der Waals surface area contributed by atoms with Crippen LogP contribution in [0, 0.1) is 0 Å². The van der Waals surface area contributed by atoms with Crippen LogP contribution in [0.3, 0.4) is 0 Å². The molecule has 1 fully saturated rings. The second-order valence-electron chi connectivity index (χ2n) is 6.41. The third-order valence-corrected chi connectivity index (χ3v) is 5.45. The van der Waals surface area contributed by atoms with Gasteiger partial charge in [0.25, 0.3) is 0 Å². The van der Waals surface area contributed by atoms with Gasteiger partial charge in [0.2, 0.25) is 11.8 Å². The highest BCUT2D eigenvalue weighted by molar-refractivity contribution is 8.15. The highest BCUT2D eigenvalue weighted by atomic mass is 35.5. The number of benzene rings is 2. The summed E-state index contributed by atoms with van der Waals surface area (Å²) in [6.45, 7) is 4.23. The third-order valence-electron chi connectivity index (χ3n) is 4.13. The number of hydrogen-bond donors (Lipinski definition) is 2. The molecule has 1 unspecified atom stereocenters. The third kappa shape index (κ3) is 6.08. The van der Waals surface area contributed by atoms with Gasteiger partial charge in [-0.15, -0.1) is 5.10 Å². The van der Waals surface area contributed by atoms with Crippen molar-refractivity contribution in [1.29, 1.82) is 0 Å². The second kappa shape index (κ2) is 10.3. The van der Waals surface area contributed by atoms with Crippen LogP contribution in [0.5, 0.6) is 5.75 Å². The van der Waals surface area contributed by atoms with Crippen molar-refractivity contribution in [3.05, 3.63) is 59.1 Å². The first kappa shape index (κ1) is 21.9. The van der Waals surface area contributed by atoms with Gasteiger partial charge < -0.3 is 15.4 Å². The van der Waals surface area contributed by atoms with Gasteiger partial charge in [0.05, 0.1) is 12.3 Å². The van der Waals surface area contributed by atoms with E-state index in [-0.39, 0.29) is 23.4 Å². The van der Waals surface area contributed by atoms with E-state index in [1.165, 1.54) is 0 Å². The van der Waals surface area contributed by atoms with Crippen molar-refractivity contribution in [3.8, 4) is 5.75 Å². The van der Waals surface area contributed by atoms with E-state index in [9.17, 15) is 9.59 Å². The molecule has 0 spiro atoms. The topological polar surface area (TPSA) is 92.1 Å². The zero-order chi connectivity index (χ0) is 21.5. The Morgan fingerprint density at radius 2 is 2.07 bits per heavy atom. The Morgan fingerprint density at radius 1 is 1.30 bits per heavy atom. The van der Waals surface area contributed by atoms with Gasteiger partial charge in [-0.1, -0.05) is 41.6 Å². The van der Waals surface area contributed by atoms with Crippen molar-refractivity contribution in [1.82, 2.24) is 5.32 Å². The minimum absolute atomic E-state index is 0.0561. The Labute approximate surface area is 183 Å². The predicted octanol–water partition coefficient (Wildman–Crippen LogP) is 4.08. The van der Waals surface area contributed by atoms with E-state index in [0.29, 0.717) is 28.8 Å². The highest BCUT2D eigenvalue weighted by Crippen LogP contribution is 2.24. The fraction of sp³-hybridized carbons (Fsp3) is 0.238. The van der Waals surface area contributed by atoms with Crippen LogP contribution in [0.2, 0.25) is 5.02 Å². The fourth-order valence-corrected chi connectivity index (χ4v) is 3.72. The maximum Gasteiger partial charge on any atom is 0.238 e. The molecule has 1 atom stereocenters. The monoisotopic (exact) mass is 444 g/mol. The summed E-state index contributed by atoms with van der Waals surface area (Å²) in [7, 11) is 0. The largest absolute Gasteiger partial charge is 0.494 e. The summed E-state index contributed by atoms with van der Waals surface area (Å²) in [6, 6.07) is 14.3. The average Bonchev–Trinajstić information content (AvgIpc) is 2.72. The minimum Gasteiger partial charge on any atom is -0.494 e. The Bertz CT molecular complexity index is 992. The van der Waals surface area contributed by atoms with E-state index in [4.69, 9.17) is 16.3 Å². The second-order valence-corrected chi connectivity index (χ2v) is 8.03. The van der Waals surface area contributed by atoms with Gasteiger partial charge in [0.15, 0.2) is 5.17 Å². The first-order valence-corrected chi connectivity index (χ1v) is 10.6. The van der Waals surface area contributed by atoms with Crippen LogP contribution in [0.25, 0.3) is 0 Å². The van der Waals surface area contributed by atoms with Gasteiger partial charge in [0, 0.05) is 23.2 Å². The quantitative estimate of drug-likeness (QED) is 0.518. The maximum absolute atomic E-state index is 12.7. The number of anilines is 1. The summed E-state index contributed by atoms with van der Waals surface area (Å²) in [5, 5.41) is 14.1. The van der Waals surface area contributed by atoms with E-state index < -0.39 is 5.25 Å². The smallest absolute Gasteiger partial charge is 0.238 e. The van der Waals surface area contributed by atoms with Crippen molar-refractivity contribution in [2.75, 3.05) is 11.9 Å². The Morgan fingerprint density at radius 3 is 2.80 bits per heavy atom. The van der Waals surface area contributed by atoms with Crippen LogP contribution >= 0.6 is 23.4 Å². The SMILES string of the molecule is CCOc1cccc(NC(=O)C2CC(=O)N/C(=N\N=C(/C)c3ccc(Cl)cc3)S2)c1. The Hall–Kier alpha value is -2.84. The lowest BCUT2D eigenvalue weighted by Gasteiger charge is -2.21. The van der Waals surface area contributed by atoms with Gasteiger partial charge in [-0.25, -0.2) is 0 Å². The van der Waals surface area contributed by atoms with Crippen molar-refractivity contribution >= 4 is 51.7 Å². The lowest BCUT2D eigenvalue weighted by atomic mass is 10.1. The molecule has 7 nitrogen and oxygen atoms in total. The molecule has 1 heterocycles. The van der Waals surface area contributed by atoms with Crippen LogP contribution in [0.1, 0.15) is 25.8 Å². The molecule has 9 heteroatoms. The lowest BCUT2D eigenvalue weighted by Crippen LogP contribution is -2.41. The summed E-state index contributed by atoms with van der Waals surface area (Å²) in [6.07, 6.45) is 0.0561. The van der Waals surface area contributed by atoms with E-state index in [1.54, 1.807) is 37.3 Å². The Kier molecular flexibility index (Phi) is 7.48. The number of carbonyl (C=O) groups is 2. The molecule has 2 aromatic carbocycles. The standard InChI is InChI=1S/C21H21ClN4O3S/c1-3-29-17-6-4-5-16(11-17)23-20(28)18-12-19(27)24-21(30-18)26-25-13(2)14-7-9-15(22)10-8-14/h4-11,18H,3,12H2,1-2H3,(H,23,28)(H,24,26,27)/b25-13+. The van der Waals surface area contributed by atoms with E-state index in [0.717, 1.165) is 17.3 Å². The molecule has 0 aliphatic carbocycles. The van der Waals surface area contributed by atoms with Crippen molar-refractivity contribution in [2.24, 2.45) is 10.2 Å². The molecule has 156 valence electrons. The normalized spacial score (nSPS) is 18.1. The molecular weight excluding hydrogens is 424 g/mol. The number of carbonyl (C=O) groups excluding carboxylic acids is 2. The molecule has 1 aliphatic heterocycles. The summed E-state index contributed by atoms with van der Waals surface area (Å²) in [5.41, 5.74) is 2.13. The summed E-state index contributed by atoms with van der Waals surface area (Å²) >= 11 is 7.06. The number of thioether (sulfide) groups is 1. The van der Waals surface area contributed by atoms with Crippen molar-refractivity contribution in [2.45, 2.75) is 25.5 Å². The molecule has 1 aliphatic rings.